The largest absolute Gasteiger partial charge is 0.552 e. The molecule has 2 aliphatic rings. The predicted molar refractivity (Wildman–Crippen MR) is 144 cm³/mol. The lowest BCUT2D eigenvalue weighted by molar-refractivity contribution is -0.766. The lowest BCUT2D eigenvalue weighted by Crippen LogP contribution is -2.58. The van der Waals surface area contributed by atoms with Crippen LogP contribution < -0.4 is 14.4 Å². The number of aliphatic hydroxyl groups is 1. The molecule has 2 atom stereocenters. The zero-order chi connectivity index (χ0) is 31.6. The minimum Gasteiger partial charge on any atom is -0.423 e. The lowest BCUT2D eigenvalue weighted by atomic mass is 9.85. The van der Waals surface area contributed by atoms with Gasteiger partial charge in [-0.25, -0.2) is 23.1 Å². The maximum Gasteiger partial charge on any atom is 0.552 e. The molecule has 0 bridgehead atoms. The van der Waals surface area contributed by atoms with Gasteiger partial charge in [0.2, 0.25) is 0 Å². The fourth-order valence-electron chi connectivity index (χ4n) is 5.22. The monoisotopic (exact) mass is 628 g/mol. The molecule has 4 heterocycles. The van der Waals surface area contributed by atoms with Gasteiger partial charge in [0.25, 0.3) is 6.33 Å². The molecule has 2 amide bonds. The van der Waals surface area contributed by atoms with Gasteiger partial charge in [-0.05, 0) is 57.5 Å². The molecule has 2 fully saturated rings. The van der Waals surface area contributed by atoms with Crippen molar-refractivity contribution in [2.75, 3.05) is 38.0 Å². The minimum atomic E-state index is -2.12. The molecule has 0 aliphatic carbocycles. The van der Waals surface area contributed by atoms with Gasteiger partial charge in [-0.2, -0.15) is 4.79 Å². The van der Waals surface area contributed by atoms with Crippen LogP contribution in [-0.4, -0.2) is 97.5 Å². The molecule has 18 heteroatoms. The van der Waals surface area contributed by atoms with E-state index in [1.807, 2.05) is 0 Å². The Bertz CT molecular complexity index is 1650. The molecule has 45 heavy (non-hydrogen) atoms. The Hall–Kier alpha value is -5.07. The number of tetrazole rings is 1. The smallest absolute Gasteiger partial charge is 0.423 e. The van der Waals surface area contributed by atoms with Crippen molar-refractivity contribution in [3.05, 3.63) is 78.6 Å². The van der Waals surface area contributed by atoms with Gasteiger partial charge >= 0.3 is 18.5 Å². The first-order chi connectivity index (χ1) is 21.7. The van der Waals surface area contributed by atoms with Gasteiger partial charge in [-0.1, -0.05) is 6.07 Å². The van der Waals surface area contributed by atoms with Crippen LogP contribution in [0.25, 0.3) is 5.69 Å². The molecule has 2 saturated heterocycles. The number of amides is 2. The molecular formula is C27H28F2N9O7+. The molecule has 0 radical (unpaired) electrons. The lowest BCUT2D eigenvalue weighted by Gasteiger charge is -2.38. The number of anilines is 1. The Morgan fingerprint density at radius 2 is 1.89 bits per heavy atom. The highest BCUT2D eigenvalue weighted by molar-refractivity contribution is 5.94. The fourth-order valence-corrected chi connectivity index (χ4v) is 5.22. The van der Waals surface area contributed by atoms with Gasteiger partial charge in [0, 0.05) is 30.4 Å². The van der Waals surface area contributed by atoms with Crippen LogP contribution >= 0.6 is 0 Å². The summed E-state index contributed by atoms with van der Waals surface area (Å²) in [5, 5.41) is 27.3. The third-order valence-corrected chi connectivity index (χ3v) is 7.55. The summed E-state index contributed by atoms with van der Waals surface area (Å²) in [6.07, 6.45) is 2.08. The normalized spacial score (nSPS) is 17.7. The summed E-state index contributed by atoms with van der Waals surface area (Å²) in [5.74, 6) is -1.85. The summed E-state index contributed by atoms with van der Waals surface area (Å²) >= 11 is 0. The molecule has 2 aromatic carbocycles. The number of ether oxygens (including phenoxy) is 3. The Morgan fingerprint density at radius 3 is 2.60 bits per heavy atom. The molecule has 6 rings (SSSR count). The van der Waals surface area contributed by atoms with Gasteiger partial charge in [0.15, 0.2) is 11.7 Å². The van der Waals surface area contributed by atoms with Crippen LogP contribution in [-0.2, 0) is 26.4 Å². The van der Waals surface area contributed by atoms with Crippen LogP contribution in [0.5, 0.6) is 0 Å². The summed E-state index contributed by atoms with van der Waals surface area (Å²) in [5.41, 5.74) is -1.10. The number of hydrogen-bond donors (Lipinski definition) is 1. The second-order valence-corrected chi connectivity index (χ2v) is 10.4. The third-order valence-electron chi connectivity index (χ3n) is 7.55. The Morgan fingerprint density at radius 1 is 1.13 bits per heavy atom. The van der Waals surface area contributed by atoms with Crippen molar-refractivity contribution < 1.29 is 47.2 Å². The number of aromatic nitrogens is 7. The summed E-state index contributed by atoms with van der Waals surface area (Å²) in [7, 11) is 0. The quantitative estimate of drug-likeness (QED) is 0.204. The molecule has 2 aliphatic heterocycles. The van der Waals surface area contributed by atoms with Gasteiger partial charge < -0.3 is 24.2 Å². The van der Waals surface area contributed by atoms with Crippen molar-refractivity contribution in [2.45, 2.75) is 31.2 Å². The molecule has 0 saturated carbocycles. The maximum absolute atomic E-state index is 15.2. The second-order valence-electron chi connectivity index (χ2n) is 10.4. The van der Waals surface area contributed by atoms with Crippen molar-refractivity contribution in [1.82, 2.24) is 34.9 Å². The first kappa shape index (κ1) is 30.0. The van der Waals surface area contributed by atoms with Crippen LogP contribution in [0.2, 0.25) is 0 Å². The summed E-state index contributed by atoms with van der Waals surface area (Å²) in [4.78, 5) is 33.9. The predicted octanol–water partition coefficient (Wildman–Crippen LogP) is 0.581. The van der Waals surface area contributed by atoms with Crippen molar-refractivity contribution in [2.24, 2.45) is 0 Å². The van der Waals surface area contributed by atoms with Crippen molar-refractivity contribution in [1.29, 1.82) is 0 Å². The third kappa shape index (κ3) is 6.28. The van der Waals surface area contributed by atoms with Crippen LogP contribution in [0.1, 0.15) is 12.5 Å². The number of halogens is 2. The molecule has 0 unspecified atom stereocenters. The van der Waals surface area contributed by atoms with Crippen molar-refractivity contribution in [3.8, 4) is 5.69 Å². The second kappa shape index (κ2) is 12.5. The van der Waals surface area contributed by atoms with E-state index in [9.17, 15) is 19.1 Å². The van der Waals surface area contributed by atoms with Gasteiger partial charge in [0.05, 0.1) is 24.9 Å². The van der Waals surface area contributed by atoms with E-state index in [-0.39, 0.29) is 38.7 Å². The zero-order valence-electron chi connectivity index (χ0n) is 23.8. The highest BCUT2D eigenvalue weighted by Gasteiger charge is 2.48. The zero-order valence-corrected chi connectivity index (χ0v) is 23.8. The Kier molecular flexibility index (Phi) is 8.33. The average Bonchev–Trinajstić information content (AvgIpc) is 3.79. The van der Waals surface area contributed by atoms with E-state index in [2.05, 4.69) is 20.6 Å². The van der Waals surface area contributed by atoms with Crippen molar-refractivity contribution in [3.63, 3.8) is 0 Å². The number of nitrogens with zero attached hydrogens (tertiary/aromatic N) is 9. The van der Waals surface area contributed by atoms with Crippen LogP contribution in [0.4, 0.5) is 24.1 Å². The first-order valence-electron chi connectivity index (χ1n) is 13.8. The number of urea groups is 1. The molecule has 0 spiro atoms. The van der Waals surface area contributed by atoms with Crippen molar-refractivity contribution >= 4 is 17.9 Å². The maximum atomic E-state index is 15.2. The molecular weight excluding hydrogens is 600 g/mol. The number of benzene rings is 2. The van der Waals surface area contributed by atoms with E-state index in [0.29, 0.717) is 17.4 Å². The SMILES string of the molecule is C[C@@H](N1CCN(c2ccc(-n3cnnn3)cc2)C1=O)[C@](O)(C[n+]1cn(OC(=O)OC2COCOC2)cn1)c1ccc(F)cc1F. The van der Waals surface area contributed by atoms with E-state index in [1.54, 1.807) is 31.2 Å². The molecule has 16 nitrogen and oxygen atoms in total. The number of carbonyl (C=O) groups excluding carboxylic acids is 2. The van der Waals surface area contributed by atoms with Gasteiger partial charge in [-0.3, -0.25) is 4.90 Å². The molecule has 4 aromatic rings. The van der Waals surface area contributed by atoms with E-state index < -0.39 is 48.1 Å². The molecule has 236 valence electrons. The van der Waals surface area contributed by atoms with Gasteiger partial charge in [-0.15, -0.1) is 9.78 Å². The van der Waals surface area contributed by atoms with Crippen LogP contribution in [0, 0.1) is 11.6 Å². The fraction of sp³-hybridized carbons (Fsp3) is 0.370. The highest BCUT2D eigenvalue weighted by Crippen LogP contribution is 2.34. The summed E-state index contributed by atoms with van der Waals surface area (Å²) in [6, 6.07) is 8.28. The number of carbonyl (C=O) groups is 2. The summed E-state index contributed by atoms with van der Waals surface area (Å²) < 4.78 is 48.0. The number of hydrogen-bond acceptors (Lipinski definition) is 11. The topological polar surface area (TPSA) is 163 Å². The Balaban J connectivity index is 1.21. The highest BCUT2D eigenvalue weighted by atomic mass is 19.1. The van der Waals surface area contributed by atoms with Gasteiger partial charge in [0.1, 0.15) is 31.3 Å². The molecule has 1 N–H and O–H groups in total. The minimum absolute atomic E-state index is 0.101. The van der Waals surface area contributed by atoms with E-state index in [4.69, 9.17) is 19.0 Å². The van der Waals surface area contributed by atoms with E-state index in [0.717, 1.165) is 23.2 Å². The van der Waals surface area contributed by atoms with E-state index >= 15 is 4.39 Å². The van der Waals surface area contributed by atoms with Crippen LogP contribution in [0.3, 0.4) is 0 Å². The summed E-state index contributed by atoms with van der Waals surface area (Å²) in [6.45, 7) is 2.02. The average molecular weight is 629 g/mol. The Labute approximate surface area is 253 Å². The number of rotatable bonds is 9. The standard InChI is InChI=1S/C27H28F2N9O7/c1-18(36-8-9-37(25(36)39)20-3-5-21(6-4-20)38-14-30-32-33-38)27(41,23-7-2-19(28)10-24(23)29)13-34-16-35(15-31-34)45-26(40)44-22-11-42-17-43-12-22/h2-7,10,14-16,18,22,41H,8-9,11-13,17H2,1H3/q+1/t18-,27-/m1/s1. The van der Waals surface area contributed by atoms with E-state index in [1.165, 1.54) is 31.8 Å². The first-order valence-corrected chi connectivity index (χ1v) is 13.8. The van der Waals surface area contributed by atoms with Crippen LogP contribution in [0.15, 0.2) is 61.4 Å². The molecule has 2 aromatic heterocycles.